The average molecular weight is 332 g/mol. The number of carbonyl (C=O) groups is 1. The summed E-state index contributed by atoms with van der Waals surface area (Å²) in [6.07, 6.45) is 8.97. The van der Waals surface area contributed by atoms with E-state index in [1.807, 2.05) is 59.9 Å². The van der Waals surface area contributed by atoms with Crippen LogP contribution in [0.2, 0.25) is 0 Å². The summed E-state index contributed by atoms with van der Waals surface area (Å²) in [6.45, 7) is 2.20. The Hall–Kier alpha value is -1.69. The molecule has 1 aliphatic rings. The van der Waals surface area contributed by atoms with Gasteiger partial charge in [0.25, 0.3) is 5.91 Å². The normalized spacial score (nSPS) is 20.8. The van der Waals surface area contributed by atoms with Gasteiger partial charge in [0.15, 0.2) is 0 Å². The van der Waals surface area contributed by atoms with Gasteiger partial charge in [0, 0.05) is 37.8 Å². The Morgan fingerprint density at radius 2 is 2.13 bits per heavy atom. The van der Waals surface area contributed by atoms with Crippen molar-refractivity contribution in [2.45, 2.75) is 37.5 Å². The molecule has 2 unspecified atom stereocenters. The third-order valence-corrected chi connectivity index (χ3v) is 5.85. The molecular weight excluding hydrogens is 308 g/mol. The molecule has 0 spiro atoms. The van der Waals surface area contributed by atoms with Gasteiger partial charge in [0.05, 0.1) is 6.20 Å². The number of aryl methyl sites for hydroxylation is 1. The van der Waals surface area contributed by atoms with E-state index in [0.717, 1.165) is 24.4 Å². The van der Waals surface area contributed by atoms with Crippen LogP contribution in [-0.2, 0) is 7.05 Å². The molecule has 0 bridgehead atoms. The zero-order valence-electron chi connectivity index (χ0n) is 14.0. The summed E-state index contributed by atoms with van der Waals surface area (Å²) in [6, 6.07) is 4.24. The van der Waals surface area contributed by atoms with Crippen LogP contribution in [0, 0.1) is 0 Å². The van der Waals surface area contributed by atoms with Gasteiger partial charge in [-0.15, -0.1) is 0 Å². The molecule has 2 aromatic rings. The van der Waals surface area contributed by atoms with Gasteiger partial charge in [-0.25, -0.2) is 0 Å². The Morgan fingerprint density at radius 3 is 2.83 bits per heavy atom. The summed E-state index contributed by atoms with van der Waals surface area (Å²) < 4.78 is 3.70. The molecule has 0 aromatic carbocycles. The summed E-state index contributed by atoms with van der Waals surface area (Å²) in [7, 11) is 3.80. The Kier molecular flexibility index (Phi) is 4.80. The highest BCUT2D eigenvalue weighted by Gasteiger charge is 2.31. The fraction of sp³-hybridized carbons (Fsp3) is 0.529. The van der Waals surface area contributed by atoms with Gasteiger partial charge < -0.3 is 9.47 Å². The Balaban J connectivity index is 1.79. The Bertz CT molecular complexity index is 664. The molecule has 2 heterocycles. The van der Waals surface area contributed by atoms with Crippen molar-refractivity contribution in [1.82, 2.24) is 19.2 Å². The van der Waals surface area contributed by atoms with Gasteiger partial charge in [0.2, 0.25) is 0 Å². The van der Waals surface area contributed by atoms with Crippen LogP contribution < -0.4 is 0 Å². The third kappa shape index (κ3) is 3.17. The molecule has 23 heavy (non-hydrogen) atoms. The van der Waals surface area contributed by atoms with E-state index in [4.69, 9.17) is 0 Å². The monoisotopic (exact) mass is 332 g/mol. The van der Waals surface area contributed by atoms with E-state index in [1.165, 1.54) is 6.42 Å². The van der Waals surface area contributed by atoms with Crippen molar-refractivity contribution in [2.24, 2.45) is 7.05 Å². The molecule has 5 nitrogen and oxygen atoms in total. The van der Waals surface area contributed by atoms with Gasteiger partial charge in [-0.1, -0.05) is 6.92 Å². The maximum atomic E-state index is 13.0. The topological polar surface area (TPSA) is 43.1 Å². The molecule has 124 valence electrons. The van der Waals surface area contributed by atoms with E-state index in [9.17, 15) is 4.79 Å². The molecule has 6 heteroatoms. The van der Waals surface area contributed by atoms with Crippen molar-refractivity contribution in [2.75, 3.05) is 12.8 Å². The number of hydrogen-bond donors (Lipinski definition) is 0. The van der Waals surface area contributed by atoms with E-state index in [-0.39, 0.29) is 5.91 Å². The van der Waals surface area contributed by atoms with Gasteiger partial charge in [-0.3, -0.25) is 9.48 Å². The van der Waals surface area contributed by atoms with E-state index in [2.05, 4.69) is 12.0 Å². The van der Waals surface area contributed by atoms with E-state index >= 15 is 0 Å². The minimum atomic E-state index is 0.0638. The van der Waals surface area contributed by atoms with Crippen LogP contribution in [0.1, 0.15) is 36.5 Å². The largest absolute Gasteiger partial charge is 0.339 e. The van der Waals surface area contributed by atoms with Crippen molar-refractivity contribution in [3.8, 4) is 5.82 Å². The summed E-state index contributed by atoms with van der Waals surface area (Å²) >= 11 is 2.01. The fourth-order valence-corrected chi connectivity index (χ4v) is 4.51. The van der Waals surface area contributed by atoms with Crippen LogP contribution >= 0.6 is 11.8 Å². The Morgan fingerprint density at radius 1 is 1.39 bits per heavy atom. The first-order valence-corrected chi connectivity index (χ1v) is 9.20. The van der Waals surface area contributed by atoms with Crippen LogP contribution in [0.15, 0.2) is 30.7 Å². The number of nitrogens with zero attached hydrogens (tertiary/aromatic N) is 4. The average Bonchev–Trinajstić information content (AvgIpc) is 3.26. The molecular formula is C17H24N4OS. The molecule has 0 saturated heterocycles. The molecule has 1 fully saturated rings. The van der Waals surface area contributed by atoms with Gasteiger partial charge in [-0.05, 0) is 37.1 Å². The summed E-state index contributed by atoms with van der Waals surface area (Å²) in [5, 5.41) is 4.98. The molecule has 1 amide bonds. The van der Waals surface area contributed by atoms with E-state index in [1.54, 1.807) is 10.9 Å². The predicted octanol–water partition coefficient (Wildman–Crippen LogP) is 2.96. The SMILES string of the molecule is CCSC1CCC(N(C)C(=O)c2cnn(C)c2-n2cccc2)C1. The molecule has 2 aromatic heterocycles. The molecule has 1 aliphatic carbocycles. The second kappa shape index (κ2) is 6.83. The highest BCUT2D eigenvalue weighted by Crippen LogP contribution is 2.33. The van der Waals surface area contributed by atoms with Crippen LogP contribution in [0.3, 0.4) is 0 Å². The van der Waals surface area contributed by atoms with Gasteiger partial charge in [0.1, 0.15) is 11.4 Å². The molecule has 2 atom stereocenters. The summed E-state index contributed by atoms with van der Waals surface area (Å²) in [5.41, 5.74) is 0.665. The first-order chi connectivity index (χ1) is 11.1. The lowest BCUT2D eigenvalue weighted by molar-refractivity contribution is 0.0735. The summed E-state index contributed by atoms with van der Waals surface area (Å²) in [5.74, 6) is 2.04. The Labute approximate surface area is 141 Å². The molecule has 0 N–H and O–H groups in total. The molecule has 0 aliphatic heterocycles. The highest BCUT2D eigenvalue weighted by atomic mass is 32.2. The fourth-order valence-electron chi connectivity index (χ4n) is 3.38. The number of aromatic nitrogens is 3. The van der Waals surface area contributed by atoms with Crippen LogP contribution in [0.4, 0.5) is 0 Å². The lowest BCUT2D eigenvalue weighted by Gasteiger charge is -2.25. The first kappa shape index (κ1) is 16.2. The van der Waals surface area contributed by atoms with Crippen molar-refractivity contribution in [1.29, 1.82) is 0 Å². The maximum Gasteiger partial charge on any atom is 0.259 e. The standard InChI is InChI=1S/C17H24N4OS/c1-4-23-14-8-7-13(11-14)19(2)17(22)15-12-18-20(3)16(15)21-9-5-6-10-21/h5-6,9-10,12-14H,4,7-8,11H2,1-3H3. The van der Waals surface area contributed by atoms with Crippen molar-refractivity contribution in [3.63, 3.8) is 0 Å². The molecule has 0 radical (unpaired) electrons. The maximum absolute atomic E-state index is 13.0. The number of thioether (sulfide) groups is 1. The summed E-state index contributed by atoms with van der Waals surface area (Å²) in [4.78, 5) is 14.9. The zero-order valence-corrected chi connectivity index (χ0v) is 14.8. The predicted molar refractivity (Wildman–Crippen MR) is 94.2 cm³/mol. The van der Waals surface area contributed by atoms with Crippen molar-refractivity contribution >= 4 is 17.7 Å². The van der Waals surface area contributed by atoms with Crippen LogP contribution in [0.5, 0.6) is 0 Å². The van der Waals surface area contributed by atoms with Crippen molar-refractivity contribution in [3.05, 3.63) is 36.3 Å². The first-order valence-electron chi connectivity index (χ1n) is 8.16. The molecule has 3 rings (SSSR count). The van der Waals surface area contributed by atoms with Crippen molar-refractivity contribution < 1.29 is 4.79 Å². The van der Waals surface area contributed by atoms with Gasteiger partial charge >= 0.3 is 0 Å². The third-order valence-electron chi connectivity index (χ3n) is 4.61. The van der Waals surface area contributed by atoms with E-state index in [0.29, 0.717) is 16.9 Å². The lowest BCUT2D eigenvalue weighted by atomic mass is 10.2. The van der Waals surface area contributed by atoms with Crippen LogP contribution in [0.25, 0.3) is 5.82 Å². The molecule has 1 saturated carbocycles. The van der Waals surface area contributed by atoms with Crippen LogP contribution in [-0.4, -0.2) is 49.2 Å². The van der Waals surface area contributed by atoms with Gasteiger partial charge in [-0.2, -0.15) is 16.9 Å². The van der Waals surface area contributed by atoms with E-state index < -0.39 is 0 Å². The smallest absolute Gasteiger partial charge is 0.259 e. The second-order valence-corrected chi connectivity index (χ2v) is 7.63. The quantitative estimate of drug-likeness (QED) is 0.845. The number of amides is 1. The second-order valence-electron chi connectivity index (χ2n) is 6.06. The highest BCUT2D eigenvalue weighted by molar-refractivity contribution is 7.99. The lowest BCUT2D eigenvalue weighted by Crippen LogP contribution is -2.36. The minimum Gasteiger partial charge on any atom is -0.339 e. The number of carbonyl (C=O) groups excluding carboxylic acids is 1. The minimum absolute atomic E-state index is 0.0638. The number of hydrogen-bond acceptors (Lipinski definition) is 3. The zero-order chi connectivity index (χ0) is 16.4. The number of rotatable bonds is 5.